The minimum Gasteiger partial charge on any atom is -0.0848 e. The van der Waals surface area contributed by atoms with Gasteiger partial charge in [0, 0.05) is 0 Å². The average molecular weight is 174 g/mol. The van der Waals surface area contributed by atoms with E-state index in [1.54, 1.807) is 12.8 Å². The quantitative estimate of drug-likeness (QED) is 0.390. The number of hydrogen-bond acceptors (Lipinski definition) is 0. The fourth-order valence-corrected chi connectivity index (χ4v) is 5.43. The molecule has 0 aliphatic heterocycles. The Morgan fingerprint density at radius 2 is 2.08 bits per heavy atom. The molecule has 4 bridgehead atoms. The number of rotatable bonds is 0. The van der Waals surface area contributed by atoms with Crippen LogP contribution in [0.2, 0.25) is 0 Å². The second-order valence-electron chi connectivity index (χ2n) is 6.21. The normalized spacial score (nSPS) is 66.4. The van der Waals surface area contributed by atoms with E-state index in [0.717, 1.165) is 35.0 Å². The third-order valence-corrected chi connectivity index (χ3v) is 5.68. The zero-order valence-corrected chi connectivity index (χ0v) is 8.37. The van der Waals surface area contributed by atoms with E-state index >= 15 is 0 Å². The van der Waals surface area contributed by atoms with E-state index in [9.17, 15) is 0 Å². The van der Waals surface area contributed by atoms with E-state index in [4.69, 9.17) is 0 Å². The van der Waals surface area contributed by atoms with Crippen LogP contribution in [0, 0.1) is 35.0 Å². The van der Waals surface area contributed by atoms with Crippen molar-refractivity contribution in [3.05, 3.63) is 12.2 Å². The first kappa shape index (κ1) is 7.09. The SMILES string of the molecule is CC12CCC(C1)C1C3C=CC(C3)C12. The van der Waals surface area contributed by atoms with Gasteiger partial charge in [-0.05, 0) is 60.7 Å². The maximum Gasteiger partial charge on any atom is -0.0191 e. The summed E-state index contributed by atoms with van der Waals surface area (Å²) in [6.07, 6.45) is 11.2. The molecule has 0 nitrogen and oxygen atoms in total. The average Bonchev–Trinajstić information content (AvgIpc) is 2.76. The Kier molecular flexibility index (Phi) is 1.03. The molecule has 3 fully saturated rings. The van der Waals surface area contributed by atoms with Crippen molar-refractivity contribution in [2.75, 3.05) is 0 Å². The van der Waals surface area contributed by atoms with E-state index in [-0.39, 0.29) is 0 Å². The molecule has 0 aromatic carbocycles. The summed E-state index contributed by atoms with van der Waals surface area (Å²) in [6, 6.07) is 0. The van der Waals surface area contributed by atoms with Crippen molar-refractivity contribution in [2.45, 2.75) is 32.6 Å². The van der Waals surface area contributed by atoms with Crippen LogP contribution in [0.4, 0.5) is 0 Å². The van der Waals surface area contributed by atoms with Crippen LogP contribution in [0.25, 0.3) is 0 Å². The zero-order valence-electron chi connectivity index (χ0n) is 8.37. The van der Waals surface area contributed by atoms with Gasteiger partial charge >= 0.3 is 0 Å². The maximum absolute atomic E-state index is 2.58. The summed E-state index contributed by atoms with van der Waals surface area (Å²) in [6.45, 7) is 2.58. The molecule has 0 aromatic heterocycles. The minimum atomic E-state index is 0.763. The van der Waals surface area contributed by atoms with Gasteiger partial charge < -0.3 is 0 Å². The standard InChI is InChI=1S/C13H18/c1-13-5-4-10(7-13)11-8-2-3-9(6-8)12(11)13/h2-3,8-12H,4-7H2,1H3. The topological polar surface area (TPSA) is 0 Å². The third kappa shape index (κ3) is 0.639. The van der Waals surface area contributed by atoms with Crippen LogP contribution < -0.4 is 0 Å². The van der Waals surface area contributed by atoms with Gasteiger partial charge in [0.2, 0.25) is 0 Å². The molecular formula is C13H18. The largest absolute Gasteiger partial charge is 0.0848 e. The summed E-state index contributed by atoms with van der Waals surface area (Å²) in [5.74, 6) is 5.33. The van der Waals surface area contributed by atoms with Gasteiger partial charge in [-0.25, -0.2) is 0 Å². The molecular weight excluding hydrogens is 156 g/mol. The Bertz CT molecular complexity index is 290. The zero-order chi connectivity index (χ0) is 8.63. The molecule has 0 heteroatoms. The summed E-state index contributed by atoms with van der Waals surface area (Å²) in [7, 11) is 0. The lowest BCUT2D eigenvalue weighted by Gasteiger charge is -2.38. The fourth-order valence-electron chi connectivity index (χ4n) is 5.43. The van der Waals surface area contributed by atoms with Crippen molar-refractivity contribution in [2.24, 2.45) is 35.0 Å². The van der Waals surface area contributed by atoms with Crippen LogP contribution in [-0.4, -0.2) is 0 Å². The predicted molar refractivity (Wildman–Crippen MR) is 53.2 cm³/mol. The predicted octanol–water partition coefficient (Wildman–Crippen LogP) is 3.24. The third-order valence-electron chi connectivity index (χ3n) is 5.68. The summed E-state index contributed by atoms with van der Waals surface area (Å²) in [5.41, 5.74) is 0.763. The van der Waals surface area contributed by atoms with Gasteiger partial charge in [0.25, 0.3) is 0 Å². The highest BCUT2D eigenvalue weighted by Gasteiger charge is 2.62. The van der Waals surface area contributed by atoms with Crippen LogP contribution in [0.1, 0.15) is 32.6 Å². The highest BCUT2D eigenvalue weighted by molar-refractivity contribution is 5.22. The maximum atomic E-state index is 2.58. The van der Waals surface area contributed by atoms with Crippen LogP contribution >= 0.6 is 0 Å². The van der Waals surface area contributed by atoms with Crippen LogP contribution in [-0.2, 0) is 0 Å². The Morgan fingerprint density at radius 3 is 2.92 bits per heavy atom. The fraction of sp³-hybridized carbons (Fsp3) is 0.846. The van der Waals surface area contributed by atoms with E-state index in [2.05, 4.69) is 19.1 Å². The lowest BCUT2D eigenvalue weighted by Crippen LogP contribution is -2.31. The molecule has 13 heavy (non-hydrogen) atoms. The Hall–Kier alpha value is -0.260. The molecule has 6 atom stereocenters. The van der Waals surface area contributed by atoms with Crippen LogP contribution in [0.3, 0.4) is 0 Å². The Morgan fingerprint density at radius 1 is 1.23 bits per heavy atom. The van der Waals surface area contributed by atoms with Gasteiger partial charge in [0.1, 0.15) is 0 Å². The number of allylic oxidation sites excluding steroid dienone is 2. The Labute approximate surface area is 80.4 Å². The first-order valence-electron chi connectivity index (χ1n) is 5.96. The van der Waals surface area contributed by atoms with E-state index < -0.39 is 0 Å². The minimum absolute atomic E-state index is 0.763. The smallest absolute Gasteiger partial charge is 0.0191 e. The van der Waals surface area contributed by atoms with Crippen molar-refractivity contribution in [1.29, 1.82) is 0 Å². The molecule has 0 radical (unpaired) electrons. The monoisotopic (exact) mass is 174 g/mol. The molecule has 0 saturated heterocycles. The molecule has 0 aromatic rings. The van der Waals surface area contributed by atoms with Crippen LogP contribution in [0.15, 0.2) is 12.2 Å². The summed E-state index contributed by atoms with van der Waals surface area (Å²) < 4.78 is 0. The van der Waals surface area contributed by atoms with Crippen LogP contribution in [0.5, 0.6) is 0 Å². The molecule has 0 amide bonds. The van der Waals surface area contributed by atoms with E-state index in [1.165, 1.54) is 12.8 Å². The van der Waals surface area contributed by atoms with Gasteiger partial charge in [-0.2, -0.15) is 0 Å². The summed E-state index contributed by atoms with van der Waals surface area (Å²) >= 11 is 0. The van der Waals surface area contributed by atoms with Gasteiger partial charge in [-0.15, -0.1) is 0 Å². The van der Waals surface area contributed by atoms with Gasteiger partial charge in [0.15, 0.2) is 0 Å². The first-order chi connectivity index (χ1) is 6.28. The lowest BCUT2D eigenvalue weighted by atomic mass is 9.67. The highest BCUT2D eigenvalue weighted by atomic mass is 14.7. The molecule has 6 unspecified atom stereocenters. The van der Waals surface area contributed by atoms with Gasteiger partial charge in [-0.1, -0.05) is 19.1 Å². The summed E-state index contributed by atoms with van der Waals surface area (Å²) in [4.78, 5) is 0. The van der Waals surface area contributed by atoms with Crippen molar-refractivity contribution >= 4 is 0 Å². The molecule has 4 aliphatic rings. The molecule has 4 rings (SSSR count). The molecule has 0 heterocycles. The lowest BCUT2D eigenvalue weighted by molar-refractivity contribution is 0.134. The molecule has 4 aliphatic carbocycles. The van der Waals surface area contributed by atoms with Gasteiger partial charge in [0.05, 0.1) is 0 Å². The van der Waals surface area contributed by atoms with E-state index in [0.29, 0.717) is 0 Å². The summed E-state index contributed by atoms with van der Waals surface area (Å²) in [5, 5.41) is 0. The highest BCUT2D eigenvalue weighted by Crippen LogP contribution is 2.70. The second-order valence-corrected chi connectivity index (χ2v) is 6.21. The molecule has 70 valence electrons. The van der Waals surface area contributed by atoms with Gasteiger partial charge in [-0.3, -0.25) is 0 Å². The molecule has 3 saturated carbocycles. The molecule has 0 spiro atoms. The van der Waals surface area contributed by atoms with Crippen molar-refractivity contribution in [3.63, 3.8) is 0 Å². The van der Waals surface area contributed by atoms with E-state index in [1.807, 2.05) is 0 Å². The second kappa shape index (κ2) is 1.89. The first-order valence-corrected chi connectivity index (χ1v) is 5.96. The van der Waals surface area contributed by atoms with Crippen molar-refractivity contribution in [1.82, 2.24) is 0 Å². The van der Waals surface area contributed by atoms with Crippen molar-refractivity contribution in [3.8, 4) is 0 Å². The molecule has 0 N–H and O–H groups in total. The van der Waals surface area contributed by atoms with Crippen molar-refractivity contribution < 1.29 is 0 Å². The Balaban J connectivity index is 1.85. The number of fused-ring (bicyclic) bond motifs is 9. The number of hydrogen-bond donors (Lipinski definition) is 0.